The van der Waals surface area contributed by atoms with Crippen LogP contribution in [0.5, 0.6) is 0 Å². The van der Waals surface area contributed by atoms with Gasteiger partial charge in [0, 0.05) is 51.2 Å². The van der Waals surface area contributed by atoms with Gasteiger partial charge >= 0.3 is 0 Å². The molecule has 3 aliphatic rings. The van der Waals surface area contributed by atoms with Crippen LogP contribution in [-0.4, -0.2) is 93.7 Å². The fourth-order valence-corrected chi connectivity index (χ4v) is 6.26. The van der Waals surface area contributed by atoms with Crippen molar-refractivity contribution in [2.24, 2.45) is 10.4 Å². The van der Waals surface area contributed by atoms with Crippen molar-refractivity contribution in [2.45, 2.75) is 57.6 Å². The number of ether oxygens (including phenoxy) is 1. The van der Waals surface area contributed by atoms with Crippen LogP contribution < -0.4 is 5.32 Å². The van der Waals surface area contributed by atoms with Gasteiger partial charge in [0.2, 0.25) is 0 Å². The first-order valence-electron chi connectivity index (χ1n) is 11.3. The van der Waals surface area contributed by atoms with Gasteiger partial charge in [0.15, 0.2) is 15.8 Å². The Hall–Kier alpha value is -0.860. The molecule has 3 fully saturated rings. The summed E-state index contributed by atoms with van der Waals surface area (Å²) >= 11 is 0. The lowest BCUT2D eigenvalue weighted by Crippen LogP contribution is -2.57. The SMILES string of the molecule is CCNC(=NCC1(CN2CCOCC2)CCCCC1)N1CCS(=O)(=O)C(C)(C)C1. The van der Waals surface area contributed by atoms with Gasteiger partial charge in [-0.05, 0) is 33.6 Å². The summed E-state index contributed by atoms with van der Waals surface area (Å²) in [5, 5.41) is 3.43. The molecule has 1 saturated carbocycles. The Balaban J connectivity index is 1.74. The zero-order valence-electron chi connectivity index (χ0n) is 18.6. The van der Waals surface area contributed by atoms with Crippen LogP contribution in [0.4, 0.5) is 0 Å². The third kappa shape index (κ3) is 5.64. The summed E-state index contributed by atoms with van der Waals surface area (Å²) in [4.78, 5) is 9.79. The molecule has 2 heterocycles. The summed E-state index contributed by atoms with van der Waals surface area (Å²) in [5.74, 6) is 1.07. The van der Waals surface area contributed by atoms with E-state index in [4.69, 9.17) is 9.73 Å². The quantitative estimate of drug-likeness (QED) is 0.531. The minimum atomic E-state index is -3.05. The van der Waals surface area contributed by atoms with E-state index < -0.39 is 14.6 Å². The third-order valence-corrected chi connectivity index (χ3v) is 9.35. The Morgan fingerprint density at radius 2 is 1.79 bits per heavy atom. The highest BCUT2D eigenvalue weighted by molar-refractivity contribution is 7.92. The normalized spacial score (nSPS) is 27.6. The van der Waals surface area contributed by atoms with E-state index in [1.165, 1.54) is 32.1 Å². The molecule has 0 aromatic heterocycles. The number of aliphatic imine (C=N–C) groups is 1. The first kappa shape index (κ1) is 22.8. The maximum absolute atomic E-state index is 12.4. The fraction of sp³-hybridized carbons (Fsp3) is 0.952. The van der Waals surface area contributed by atoms with Crippen LogP contribution >= 0.6 is 0 Å². The molecule has 7 nitrogen and oxygen atoms in total. The van der Waals surface area contributed by atoms with Crippen molar-refractivity contribution < 1.29 is 13.2 Å². The van der Waals surface area contributed by atoms with Crippen molar-refractivity contribution >= 4 is 15.8 Å². The molecule has 0 amide bonds. The number of nitrogens with one attached hydrogen (secondary N) is 1. The minimum absolute atomic E-state index is 0.198. The molecule has 168 valence electrons. The highest BCUT2D eigenvalue weighted by atomic mass is 32.2. The summed E-state index contributed by atoms with van der Waals surface area (Å²) in [6.45, 7) is 13.2. The van der Waals surface area contributed by atoms with Gasteiger partial charge in [0.25, 0.3) is 0 Å². The van der Waals surface area contributed by atoms with Crippen molar-refractivity contribution in [1.29, 1.82) is 0 Å². The van der Waals surface area contributed by atoms with Crippen LogP contribution in [0.15, 0.2) is 4.99 Å². The molecule has 29 heavy (non-hydrogen) atoms. The van der Waals surface area contributed by atoms with Crippen LogP contribution in [0.25, 0.3) is 0 Å². The molecule has 8 heteroatoms. The molecule has 2 aliphatic heterocycles. The van der Waals surface area contributed by atoms with Crippen molar-refractivity contribution in [3.8, 4) is 0 Å². The predicted molar refractivity (Wildman–Crippen MR) is 118 cm³/mol. The van der Waals surface area contributed by atoms with Gasteiger partial charge in [-0.15, -0.1) is 0 Å². The van der Waals surface area contributed by atoms with Gasteiger partial charge < -0.3 is 15.0 Å². The van der Waals surface area contributed by atoms with E-state index in [0.29, 0.717) is 13.1 Å². The van der Waals surface area contributed by atoms with Crippen molar-refractivity contribution in [3.63, 3.8) is 0 Å². The monoisotopic (exact) mass is 428 g/mol. The zero-order chi connectivity index (χ0) is 21.0. The summed E-state index contributed by atoms with van der Waals surface area (Å²) in [7, 11) is -3.05. The molecule has 2 saturated heterocycles. The molecular formula is C21H40N4O3S. The van der Waals surface area contributed by atoms with E-state index in [2.05, 4.69) is 22.0 Å². The van der Waals surface area contributed by atoms with Gasteiger partial charge in [-0.3, -0.25) is 9.89 Å². The second-order valence-electron chi connectivity index (χ2n) is 9.62. The standard InChI is InChI=1S/C21H40N4O3S/c1-4-22-19(25-12-15-29(26,27)20(2,3)17-25)23-16-21(8-6-5-7-9-21)18-24-10-13-28-14-11-24/h4-18H2,1-3H3,(H,22,23). The predicted octanol–water partition coefficient (Wildman–Crippen LogP) is 1.74. The maximum Gasteiger partial charge on any atom is 0.194 e. The maximum atomic E-state index is 12.4. The lowest BCUT2D eigenvalue weighted by Gasteiger charge is -2.42. The lowest BCUT2D eigenvalue weighted by molar-refractivity contribution is 0.00932. The lowest BCUT2D eigenvalue weighted by atomic mass is 9.73. The van der Waals surface area contributed by atoms with E-state index in [9.17, 15) is 8.42 Å². The van der Waals surface area contributed by atoms with Gasteiger partial charge in [-0.2, -0.15) is 0 Å². The van der Waals surface area contributed by atoms with Crippen LogP contribution in [0.2, 0.25) is 0 Å². The molecular weight excluding hydrogens is 388 g/mol. The van der Waals surface area contributed by atoms with Crippen LogP contribution in [-0.2, 0) is 14.6 Å². The number of nitrogens with zero attached hydrogens (tertiary/aromatic N) is 3. The fourth-order valence-electron chi connectivity index (χ4n) is 4.89. The molecule has 0 aromatic rings. The van der Waals surface area contributed by atoms with Crippen molar-refractivity contribution in [2.75, 3.05) is 64.8 Å². The average molecular weight is 429 g/mol. The van der Waals surface area contributed by atoms with E-state index in [-0.39, 0.29) is 11.2 Å². The number of guanidine groups is 1. The van der Waals surface area contributed by atoms with Crippen LogP contribution in [0.1, 0.15) is 52.9 Å². The van der Waals surface area contributed by atoms with E-state index in [1.807, 2.05) is 13.8 Å². The van der Waals surface area contributed by atoms with E-state index in [0.717, 1.165) is 51.9 Å². The molecule has 1 N–H and O–H groups in total. The second kappa shape index (κ2) is 9.52. The summed E-state index contributed by atoms with van der Waals surface area (Å²) in [6, 6.07) is 0. The van der Waals surface area contributed by atoms with Crippen LogP contribution in [0, 0.1) is 5.41 Å². The smallest absolute Gasteiger partial charge is 0.194 e. The number of sulfone groups is 1. The zero-order valence-corrected chi connectivity index (χ0v) is 19.4. The molecule has 1 aliphatic carbocycles. The van der Waals surface area contributed by atoms with Crippen LogP contribution in [0.3, 0.4) is 0 Å². The first-order valence-corrected chi connectivity index (χ1v) is 13.0. The second-order valence-corrected chi connectivity index (χ2v) is 12.4. The third-order valence-electron chi connectivity index (χ3n) is 6.82. The molecule has 0 atom stereocenters. The molecule has 0 aromatic carbocycles. The molecule has 0 unspecified atom stereocenters. The Bertz CT molecular complexity index is 665. The topological polar surface area (TPSA) is 74.2 Å². The number of hydrogen-bond donors (Lipinski definition) is 1. The highest BCUT2D eigenvalue weighted by Gasteiger charge is 2.41. The van der Waals surface area contributed by atoms with E-state index >= 15 is 0 Å². The molecule has 0 bridgehead atoms. The minimum Gasteiger partial charge on any atom is -0.379 e. The van der Waals surface area contributed by atoms with Gasteiger partial charge in [-0.25, -0.2) is 8.42 Å². The molecule has 0 radical (unpaired) electrons. The average Bonchev–Trinajstić information content (AvgIpc) is 2.69. The Morgan fingerprint density at radius 1 is 1.10 bits per heavy atom. The Kier molecular flexibility index (Phi) is 7.49. The summed E-state index contributed by atoms with van der Waals surface area (Å²) < 4.78 is 29.6. The Labute approximate surface area is 177 Å². The van der Waals surface area contributed by atoms with Crippen molar-refractivity contribution in [1.82, 2.24) is 15.1 Å². The number of morpholine rings is 1. The van der Waals surface area contributed by atoms with Gasteiger partial charge in [0.1, 0.15) is 0 Å². The summed E-state index contributed by atoms with van der Waals surface area (Å²) in [6.07, 6.45) is 6.35. The van der Waals surface area contributed by atoms with E-state index in [1.54, 1.807) is 0 Å². The first-order chi connectivity index (χ1) is 13.8. The van der Waals surface area contributed by atoms with Gasteiger partial charge in [0.05, 0.1) is 23.7 Å². The number of hydrogen-bond acceptors (Lipinski definition) is 5. The van der Waals surface area contributed by atoms with Crippen molar-refractivity contribution in [3.05, 3.63) is 0 Å². The molecule has 0 spiro atoms. The molecule has 3 rings (SSSR count). The number of rotatable bonds is 5. The van der Waals surface area contributed by atoms with Gasteiger partial charge in [-0.1, -0.05) is 19.3 Å². The highest BCUT2D eigenvalue weighted by Crippen LogP contribution is 2.38. The Morgan fingerprint density at radius 3 is 2.41 bits per heavy atom. The summed E-state index contributed by atoms with van der Waals surface area (Å²) in [5.41, 5.74) is 0.230. The largest absolute Gasteiger partial charge is 0.379 e.